The van der Waals surface area contributed by atoms with Crippen LogP contribution in [0.5, 0.6) is 0 Å². The van der Waals surface area contributed by atoms with Crippen LogP contribution in [0.3, 0.4) is 0 Å². The number of amides is 1. The molecule has 0 spiro atoms. The number of carbonyl (C=O) groups is 1. The molecule has 0 bridgehead atoms. The monoisotopic (exact) mass is 218 g/mol. The van der Waals surface area contributed by atoms with Crippen molar-refractivity contribution in [3.8, 4) is 0 Å². The maximum atomic E-state index is 12.3. The van der Waals surface area contributed by atoms with Crippen molar-refractivity contribution in [1.29, 1.82) is 0 Å². The Kier molecular flexibility index (Phi) is 2.62. The lowest BCUT2D eigenvalue weighted by molar-refractivity contribution is 0.0652. The molecule has 1 fully saturated rings. The van der Waals surface area contributed by atoms with Crippen molar-refractivity contribution in [2.24, 2.45) is 0 Å². The summed E-state index contributed by atoms with van der Waals surface area (Å²) >= 11 is 0. The highest BCUT2D eigenvalue weighted by Crippen LogP contribution is 2.29. The van der Waals surface area contributed by atoms with Crippen LogP contribution in [0.1, 0.15) is 37.0 Å². The number of hydrogen-bond donors (Lipinski definition) is 1. The molecule has 0 saturated carbocycles. The zero-order valence-corrected chi connectivity index (χ0v) is 9.86. The third-order valence-electron chi connectivity index (χ3n) is 3.28. The average Bonchev–Trinajstić information content (AvgIpc) is 2.57. The summed E-state index contributed by atoms with van der Waals surface area (Å²) in [6.45, 7) is 5.08. The first-order chi connectivity index (χ1) is 7.50. The molecule has 1 amide bonds. The van der Waals surface area contributed by atoms with Crippen LogP contribution in [0.15, 0.2) is 24.3 Å². The van der Waals surface area contributed by atoms with E-state index in [4.69, 9.17) is 5.73 Å². The van der Waals surface area contributed by atoms with Crippen molar-refractivity contribution in [2.75, 3.05) is 12.3 Å². The number of carbonyl (C=O) groups excluding carboxylic acids is 1. The first kappa shape index (κ1) is 11.0. The minimum atomic E-state index is -0.0261. The van der Waals surface area contributed by atoms with Crippen molar-refractivity contribution in [3.05, 3.63) is 29.8 Å². The second-order valence-corrected chi connectivity index (χ2v) is 5.00. The predicted molar refractivity (Wildman–Crippen MR) is 65.2 cm³/mol. The second kappa shape index (κ2) is 3.81. The molecule has 1 aliphatic heterocycles. The zero-order valence-electron chi connectivity index (χ0n) is 9.86. The Morgan fingerprint density at radius 2 is 2.19 bits per heavy atom. The lowest BCUT2D eigenvalue weighted by Gasteiger charge is -2.31. The summed E-state index contributed by atoms with van der Waals surface area (Å²) in [5.41, 5.74) is 7.00. The Morgan fingerprint density at radius 1 is 1.44 bits per heavy atom. The van der Waals surface area contributed by atoms with E-state index in [0.29, 0.717) is 11.3 Å². The molecule has 2 rings (SSSR count). The molecule has 1 heterocycles. The lowest BCUT2D eigenvalue weighted by Crippen LogP contribution is -2.42. The Bertz CT molecular complexity index is 412. The van der Waals surface area contributed by atoms with Crippen LogP contribution in [0.4, 0.5) is 5.69 Å². The lowest BCUT2D eigenvalue weighted by atomic mass is 10.0. The largest absolute Gasteiger partial charge is 0.399 e. The van der Waals surface area contributed by atoms with E-state index in [-0.39, 0.29) is 11.4 Å². The van der Waals surface area contributed by atoms with Crippen LogP contribution in [-0.2, 0) is 0 Å². The molecule has 1 aromatic rings. The van der Waals surface area contributed by atoms with Crippen molar-refractivity contribution < 1.29 is 4.79 Å². The van der Waals surface area contributed by atoms with Gasteiger partial charge in [0.05, 0.1) is 0 Å². The highest BCUT2D eigenvalue weighted by Gasteiger charge is 2.35. The van der Waals surface area contributed by atoms with Crippen molar-refractivity contribution in [1.82, 2.24) is 4.90 Å². The molecule has 0 aliphatic carbocycles. The fraction of sp³-hybridized carbons (Fsp3) is 0.462. The maximum absolute atomic E-state index is 12.3. The van der Waals surface area contributed by atoms with Crippen molar-refractivity contribution >= 4 is 11.6 Å². The standard InChI is InChI=1S/C13H18N2O/c1-13(2)7-4-8-15(13)12(16)10-5-3-6-11(14)9-10/h3,5-6,9H,4,7-8,14H2,1-2H3. The Hall–Kier alpha value is -1.51. The van der Waals surface area contributed by atoms with Crippen LogP contribution < -0.4 is 5.73 Å². The third kappa shape index (κ3) is 1.90. The van der Waals surface area contributed by atoms with Crippen molar-refractivity contribution in [3.63, 3.8) is 0 Å². The van der Waals surface area contributed by atoms with Crippen LogP contribution in [0.2, 0.25) is 0 Å². The Labute approximate surface area is 96.2 Å². The first-order valence-corrected chi connectivity index (χ1v) is 5.68. The molecule has 0 atom stereocenters. The topological polar surface area (TPSA) is 46.3 Å². The molecule has 1 aliphatic rings. The van der Waals surface area contributed by atoms with E-state index in [9.17, 15) is 4.79 Å². The third-order valence-corrected chi connectivity index (χ3v) is 3.28. The summed E-state index contributed by atoms with van der Waals surface area (Å²) in [6.07, 6.45) is 2.15. The van der Waals surface area contributed by atoms with E-state index in [0.717, 1.165) is 19.4 Å². The van der Waals surface area contributed by atoms with E-state index >= 15 is 0 Å². The molecule has 1 saturated heterocycles. The number of rotatable bonds is 1. The zero-order chi connectivity index (χ0) is 11.8. The molecule has 0 aromatic heterocycles. The fourth-order valence-electron chi connectivity index (χ4n) is 2.31. The van der Waals surface area contributed by atoms with Gasteiger partial charge in [-0.2, -0.15) is 0 Å². The van der Waals surface area contributed by atoms with Crippen LogP contribution >= 0.6 is 0 Å². The predicted octanol–water partition coefficient (Wildman–Crippen LogP) is 2.28. The van der Waals surface area contributed by atoms with Crippen LogP contribution in [-0.4, -0.2) is 22.9 Å². The normalized spacial score (nSPS) is 18.8. The smallest absolute Gasteiger partial charge is 0.254 e. The average molecular weight is 218 g/mol. The Morgan fingerprint density at radius 3 is 2.75 bits per heavy atom. The highest BCUT2D eigenvalue weighted by atomic mass is 16.2. The molecule has 1 aromatic carbocycles. The molecular weight excluding hydrogens is 200 g/mol. The second-order valence-electron chi connectivity index (χ2n) is 5.00. The van der Waals surface area contributed by atoms with E-state index < -0.39 is 0 Å². The number of anilines is 1. The van der Waals surface area contributed by atoms with E-state index in [1.807, 2.05) is 17.0 Å². The van der Waals surface area contributed by atoms with E-state index in [1.165, 1.54) is 0 Å². The summed E-state index contributed by atoms with van der Waals surface area (Å²) in [5.74, 6) is 0.0924. The molecule has 0 unspecified atom stereocenters. The van der Waals surface area contributed by atoms with Gasteiger partial charge in [0.2, 0.25) is 0 Å². The van der Waals surface area contributed by atoms with E-state index in [2.05, 4.69) is 13.8 Å². The molecule has 86 valence electrons. The van der Waals surface area contributed by atoms with Gasteiger partial charge >= 0.3 is 0 Å². The summed E-state index contributed by atoms with van der Waals surface area (Å²) < 4.78 is 0. The number of hydrogen-bond acceptors (Lipinski definition) is 2. The van der Waals surface area contributed by atoms with Gasteiger partial charge in [-0.3, -0.25) is 4.79 Å². The van der Waals surface area contributed by atoms with Gasteiger partial charge in [0, 0.05) is 23.3 Å². The molecule has 0 radical (unpaired) electrons. The van der Waals surface area contributed by atoms with Gasteiger partial charge in [0.25, 0.3) is 5.91 Å². The SMILES string of the molecule is CC1(C)CCCN1C(=O)c1cccc(N)c1. The number of benzene rings is 1. The van der Waals surface area contributed by atoms with Gasteiger partial charge in [-0.05, 0) is 44.9 Å². The Balaban J connectivity index is 2.26. The highest BCUT2D eigenvalue weighted by molar-refractivity contribution is 5.95. The van der Waals surface area contributed by atoms with Gasteiger partial charge in [-0.25, -0.2) is 0 Å². The summed E-state index contributed by atoms with van der Waals surface area (Å²) in [4.78, 5) is 14.2. The molecule has 16 heavy (non-hydrogen) atoms. The van der Waals surface area contributed by atoms with Crippen LogP contribution in [0.25, 0.3) is 0 Å². The fourth-order valence-corrected chi connectivity index (χ4v) is 2.31. The number of likely N-dealkylation sites (tertiary alicyclic amines) is 1. The summed E-state index contributed by atoms with van der Waals surface area (Å²) in [5, 5.41) is 0. The van der Waals surface area contributed by atoms with Gasteiger partial charge in [-0.15, -0.1) is 0 Å². The number of nitrogens with zero attached hydrogens (tertiary/aromatic N) is 1. The van der Waals surface area contributed by atoms with Gasteiger partial charge in [0.1, 0.15) is 0 Å². The number of nitrogen functional groups attached to an aromatic ring is 1. The van der Waals surface area contributed by atoms with Crippen molar-refractivity contribution in [2.45, 2.75) is 32.2 Å². The maximum Gasteiger partial charge on any atom is 0.254 e. The van der Waals surface area contributed by atoms with E-state index in [1.54, 1.807) is 12.1 Å². The minimum Gasteiger partial charge on any atom is -0.399 e. The molecule has 3 heteroatoms. The molecular formula is C13H18N2O. The molecule has 2 N–H and O–H groups in total. The summed E-state index contributed by atoms with van der Waals surface area (Å²) in [7, 11) is 0. The quantitative estimate of drug-likeness (QED) is 0.735. The van der Waals surface area contributed by atoms with Gasteiger partial charge in [0.15, 0.2) is 0 Å². The molecule has 3 nitrogen and oxygen atoms in total. The minimum absolute atomic E-state index is 0.0261. The number of nitrogens with two attached hydrogens (primary N) is 1. The van der Waals surface area contributed by atoms with Crippen LogP contribution in [0, 0.1) is 0 Å². The van der Waals surface area contributed by atoms with Gasteiger partial charge < -0.3 is 10.6 Å². The first-order valence-electron chi connectivity index (χ1n) is 5.68. The summed E-state index contributed by atoms with van der Waals surface area (Å²) in [6, 6.07) is 7.20. The van der Waals surface area contributed by atoms with Gasteiger partial charge in [-0.1, -0.05) is 6.07 Å².